The molecule has 24 heavy (non-hydrogen) atoms. The molecule has 0 atom stereocenters. The first-order valence-corrected chi connectivity index (χ1v) is 8.40. The van der Waals surface area contributed by atoms with Gasteiger partial charge in [-0.05, 0) is 44.5 Å². The molecule has 4 rings (SSSR count). The number of rotatable bonds is 1. The van der Waals surface area contributed by atoms with Crippen molar-refractivity contribution in [1.29, 1.82) is 0 Å². The highest BCUT2D eigenvalue weighted by atomic mass is 32.1. The Kier molecular flexibility index (Phi) is 3.18. The van der Waals surface area contributed by atoms with Crippen LogP contribution in [-0.4, -0.2) is 14.5 Å². The number of benzene rings is 1. The Morgan fingerprint density at radius 3 is 2.50 bits per heavy atom. The fourth-order valence-electron chi connectivity index (χ4n) is 3.00. The molecule has 0 amide bonds. The Morgan fingerprint density at radius 2 is 1.79 bits per heavy atom. The fourth-order valence-corrected chi connectivity index (χ4v) is 4.18. The molecule has 0 bridgehead atoms. The normalized spacial score (nSPS) is 11.5. The summed E-state index contributed by atoms with van der Waals surface area (Å²) in [5.74, 6) is 0. The zero-order valence-corrected chi connectivity index (χ0v) is 14.3. The van der Waals surface area contributed by atoms with Crippen LogP contribution in [0.3, 0.4) is 0 Å². The van der Waals surface area contributed by atoms with Gasteiger partial charge < -0.3 is 4.98 Å². The van der Waals surface area contributed by atoms with Gasteiger partial charge in [0.25, 0.3) is 5.56 Å². The van der Waals surface area contributed by atoms with Gasteiger partial charge in [-0.2, -0.15) is 0 Å². The summed E-state index contributed by atoms with van der Waals surface area (Å²) in [5.41, 5.74) is 3.38. The van der Waals surface area contributed by atoms with Gasteiger partial charge in [0.15, 0.2) is 0 Å². The predicted octanol–water partition coefficient (Wildman–Crippen LogP) is 3.21. The van der Waals surface area contributed by atoms with E-state index in [9.17, 15) is 9.59 Å². The quantitative estimate of drug-likeness (QED) is 0.580. The molecule has 4 aromatic rings. The lowest BCUT2D eigenvalue weighted by molar-refractivity contribution is 0.904. The Hall–Kier alpha value is -2.73. The maximum atomic E-state index is 12.9. The number of hydrogen-bond acceptors (Lipinski definition) is 4. The molecule has 0 aliphatic heterocycles. The van der Waals surface area contributed by atoms with E-state index in [0.29, 0.717) is 15.9 Å². The molecule has 1 aromatic carbocycles. The molecule has 0 unspecified atom stereocenters. The van der Waals surface area contributed by atoms with Crippen LogP contribution >= 0.6 is 11.3 Å². The zero-order valence-electron chi connectivity index (χ0n) is 13.5. The van der Waals surface area contributed by atoms with E-state index in [1.54, 1.807) is 12.1 Å². The van der Waals surface area contributed by atoms with Gasteiger partial charge in [-0.3, -0.25) is 4.79 Å². The van der Waals surface area contributed by atoms with E-state index in [-0.39, 0.29) is 5.56 Å². The van der Waals surface area contributed by atoms with Crippen LogP contribution in [0.4, 0.5) is 0 Å². The van der Waals surface area contributed by atoms with E-state index in [1.807, 2.05) is 39.0 Å². The average Bonchev–Trinajstić information content (AvgIpc) is 2.88. The van der Waals surface area contributed by atoms with Crippen molar-refractivity contribution in [3.05, 3.63) is 68.0 Å². The van der Waals surface area contributed by atoms with E-state index < -0.39 is 5.69 Å². The van der Waals surface area contributed by atoms with Gasteiger partial charge in [-0.15, -0.1) is 11.3 Å². The fraction of sp³-hybridized carbons (Fsp3) is 0.167. The second-order valence-corrected chi connectivity index (χ2v) is 6.97. The largest absolute Gasteiger partial charge is 0.333 e. The van der Waals surface area contributed by atoms with E-state index >= 15 is 0 Å². The van der Waals surface area contributed by atoms with Crippen LogP contribution in [0.25, 0.3) is 26.1 Å². The number of nitrogens with zero attached hydrogens (tertiary/aromatic N) is 2. The molecule has 3 aromatic heterocycles. The van der Waals surface area contributed by atoms with Crippen molar-refractivity contribution < 1.29 is 0 Å². The number of thiophene rings is 1. The smallest absolute Gasteiger partial charge is 0.305 e. The number of aromatic amines is 1. The summed E-state index contributed by atoms with van der Waals surface area (Å²) in [5, 5.41) is 0.853. The SMILES string of the molecule is Cc1ccc(-n2c(=O)[nH]c3c(sc4nc(C)cc(C)c43)c2=O)cc1. The number of hydrogen-bond donors (Lipinski definition) is 1. The molecule has 0 aliphatic carbocycles. The highest BCUT2D eigenvalue weighted by Gasteiger charge is 2.16. The number of pyridine rings is 1. The lowest BCUT2D eigenvalue weighted by atomic mass is 10.1. The van der Waals surface area contributed by atoms with Crippen molar-refractivity contribution in [2.24, 2.45) is 0 Å². The van der Waals surface area contributed by atoms with Gasteiger partial charge in [0.05, 0.1) is 11.2 Å². The summed E-state index contributed by atoms with van der Waals surface area (Å²) in [6.07, 6.45) is 0. The maximum Gasteiger partial charge on any atom is 0.333 e. The van der Waals surface area contributed by atoms with E-state index in [1.165, 1.54) is 15.9 Å². The Labute approximate surface area is 141 Å². The standard InChI is InChI=1S/C18H15N3O2S/c1-9-4-6-12(7-5-9)21-17(22)15-14(20-18(21)23)13-10(2)8-11(3)19-16(13)24-15/h4-8H,1-3H3,(H,20,23). The van der Waals surface area contributed by atoms with Gasteiger partial charge in [0.1, 0.15) is 9.53 Å². The van der Waals surface area contributed by atoms with Gasteiger partial charge in [-0.1, -0.05) is 17.7 Å². The van der Waals surface area contributed by atoms with Crippen LogP contribution < -0.4 is 11.2 Å². The number of aromatic nitrogens is 3. The summed E-state index contributed by atoms with van der Waals surface area (Å²) in [6, 6.07) is 9.27. The summed E-state index contributed by atoms with van der Waals surface area (Å²) >= 11 is 1.32. The van der Waals surface area contributed by atoms with Gasteiger partial charge in [0, 0.05) is 11.1 Å². The molecule has 0 fully saturated rings. The second-order valence-electron chi connectivity index (χ2n) is 5.97. The van der Waals surface area contributed by atoms with Crippen molar-refractivity contribution >= 4 is 31.8 Å². The molecule has 0 aliphatic rings. The first kappa shape index (κ1) is 14.8. The molecule has 6 heteroatoms. The molecule has 0 saturated carbocycles. The van der Waals surface area contributed by atoms with Crippen LogP contribution in [0.5, 0.6) is 0 Å². The van der Waals surface area contributed by atoms with Gasteiger partial charge in [0.2, 0.25) is 0 Å². The lowest BCUT2D eigenvalue weighted by Gasteiger charge is -2.05. The molecule has 5 nitrogen and oxygen atoms in total. The molecule has 3 heterocycles. The minimum atomic E-state index is -0.434. The van der Waals surface area contributed by atoms with E-state index in [4.69, 9.17) is 0 Å². The van der Waals surface area contributed by atoms with Crippen molar-refractivity contribution in [3.63, 3.8) is 0 Å². The number of fused-ring (bicyclic) bond motifs is 3. The van der Waals surface area contributed by atoms with Crippen molar-refractivity contribution in [1.82, 2.24) is 14.5 Å². The summed E-state index contributed by atoms with van der Waals surface area (Å²) in [4.78, 5) is 33.6. The first-order valence-electron chi connectivity index (χ1n) is 7.58. The van der Waals surface area contributed by atoms with E-state index in [0.717, 1.165) is 27.0 Å². The highest BCUT2D eigenvalue weighted by Crippen LogP contribution is 2.31. The third-order valence-electron chi connectivity index (χ3n) is 4.11. The lowest BCUT2D eigenvalue weighted by Crippen LogP contribution is -2.33. The van der Waals surface area contributed by atoms with Crippen molar-refractivity contribution in [2.45, 2.75) is 20.8 Å². The Bertz CT molecular complexity index is 1210. The molecule has 0 saturated heterocycles. The second kappa shape index (κ2) is 5.14. The average molecular weight is 337 g/mol. The van der Waals surface area contributed by atoms with Crippen LogP contribution in [0.1, 0.15) is 16.8 Å². The Morgan fingerprint density at radius 1 is 1.08 bits per heavy atom. The number of aryl methyl sites for hydroxylation is 3. The third-order valence-corrected chi connectivity index (χ3v) is 5.18. The maximum absolute atomic E-state index is 12.9. The Balaban J connectivity index is 2.14. The van der Waals surface area contributed by atoms with Gasteiger partial charge in [-0.25, -0.2) is 14.3 Å². The topological polar surface area (TPSA) is 67.8 Å². The minimum absolute atomic E-state index is 0.308. The first-order chi connectivity index (χ1) is 11.5. The van der Waals surface area contributed by atoms with Crippen molar-refractivity contribution in [3.8, 4) is 5.69 Å². The minimum Gasteiger partial charge on any atom is -0.305 e. The predicted molar refractivity (Wildman–Crippen MR) is 97.6 cm³/mol. The van der Waals surface area contributed by atoms with Crippen molar-refractivity contribution in [2.75, 3.05) is 0 Å². The highest BCUT2D eigenvalue weighted by molar-refractivity contribution is 7.25. The molecule has 0 spiro atoms. The van der Waals surface area contributed by atoms with Crippen LogP contribution in [0, 0.1) is 20.8 Å². The van der Waals surface area contributed by atoms with Crippen LogP contribution in [-0.2, 0) is 0 Å². The molecular weight excluding hydrogens is 322 g/mol. The summed E-state index contributed by atoms with van der Waals surface area (Å²) in [6.45, 7) is 5.85. The third kappa shape index (κ3) is 2.11. The molecule has 0 radical (unpaired) electrons. The zero-order chi connectivity index (χ0) is 17.0. The van der Waals surface area contributed by atoms with Crippen LogP contribution in [0.2, 0.25) is 0 Å². The van der Waals surface area contributed by atoms with Crippen LogP contribution in [0.15, 0.2) is 39.9 Å². The number of nitrogens with one attached hydrogen (secondary N) is 1. The molecule has 1 N–H and O–H groups in total. The number of H-pyrrole nitrogens is 1. The summed E-state index contributed by atoms with van der Waals surface area (Å²) < 4.78 is 1.70. The summed E-state index contributed by atoms with van der Waals surface area (Å²) in [7, 11) is 0. The van der Waals surface area contributed by atoms with Gasteiger partial charge >= 0.3 is 5.69 Å². The monoisotopic (exact) mass is 337 g/mol. The molecular formula is C18H15N3O2S. The molecule has 120 valence electrons. The van der Waals surface area contributed by atoms with E-state index in [2.05, 4.69) is 9.97 Å².